The number of fused-ring (bicyclic) bond motifs is 1. The minimum Gasteiger partial charge on any atom is -0.481 e. The predicted octanol–water partition coefficient (Wildman–Crippen LogP) is 1.22. The van der Waals surface area contributed by atoms with Crippen LogP contribution in [0.5, 0.6) is 0 Å². The fraction of sp³-hybridized carbons (Fsp3) is 0.154. The van der Waals surface area contributed by atoms with Gasteiger partial charge in [-0.1, -0.05) is 6.07 Å². The molecule has 2 rings (SSSR count). The van der Waals surface area contributed by atoms with Gasteiger partial charge in [0.1, 0.15) is 6.07 Å². The fourth-order valence-corrected chi connectivity index (χ4v) is 1.39. The number of carbonyl (C=O) groups is 2. The van der Waals surface area contributed by atoms with Crippen molar-refractivity contribution < 1.29 is 19.8 Å². The van der Waals surface area contributed by atoms with Crippen molar-refractivity contribution in [1.82, 2.24) is 9.97 Å². The minimum atomic E-state index is -0.888. The third-order valence-electron chi connectivity index (χ3n) is 2.08. The average molecular weight is 273 g/mol. The minimum absolute atomic E-state index is 0.0440. The number of nitrogens with zero attached hydrogens (tertiary/aromatic N) is 3. The Morgan fingerprint density at radius 2 is 1.95 bits per heavy atom. The third-order valence-corrected chi connectivity index (χ3v) is 2.08. The molecule has 20 heavy (non-hydrogen) atoms. The molecule has 1 aromatic heterocycles. The lowest BCUT2D eigenvalue weighted by Crippen LogP contribution is -2.00. The van der Waals surface area contributed by atoms with Gasteiger partial charge in [-0.15, -0.1) is 0 Å². The van der Waals surface area contributed by atoms with E-state index in [4.69, 9.17) is 20.3 Å². The molecule has 0 fully saturated rings. The number of aliphatic carboxylic acids is 2. The molecule has 102 valence electrons. The Labute approximate surface area is 114 Å². The normalized spacial score (nSPS) is 9.20. The van der Waals surface area contributed by atoms with Crippen molar-refractivity contribution in [1.29, 1.82) is 5.26 Å². The molecule has 7 nitrogen and oxygen atoms in total. The van der Waals surface area contributed by atoms with Crippen molar-refractivity contribution >= 4 is 23.0 Å². The van der Waals surface area contributed by atoms with Crippen LogP contribution in [0.2, 0.25) is 0 Å². The first-order chi connectivity index (χ1) is 9.42. The second-order valence-electron chi connectivity index (χ2n) is 3.78. The molecule has 0 spiro atoms. The van der Waals surface area contributed by atoms with E-state index in [0.29, 0.717) is 16.6 Å². The number of rotatable bonds is 2. The molecule has 1 aromatic carbocycles. The van der Waals surface area contributed by atoms with Gasteiger partial charge in [0.25, 0.3) is 5.97 Å². The van der Waals surface area contributed by atoms with Crippen LogP contribution in [0.25, 0.3) is 11.0 Å². The highest BCUT2D eigenvalue weighted by Gasteiger charge is 2.04. The molecule has 2 aromatic rings. The number of carboxylic acid groups (broad SMARTS) is 2. The summed E-state index contributed by atoms with van der Waals surface area (Å²) in [4.78, 5) is 27.6. The van der Waals surface area contributed by atoms with Crippen molar-refractivity contribution in [2.24, 2.45) is 0 Å². The topological polar surface area (TPSA) is 124 Å². The van der Waals surface area contributed by atoms with E-state index in [-0.39, 0.29) is 12.1 Å². The Balaban J connectivity index is 0.000000444. The van der Waals surface area contributed by atoms with Gasteiger partial charge in [0.15, 0.2) is 5.69 Å². The maximum atomic E-state index is 10.5. The summed E-state index contributed by atoms with van der Waals surface area (Å²) >= 11 is 0. The summed E-state index contributed by atoms with van der Waals surface area (Å²) in [7, 11) is 0. The molecule has 0 amide bonds. The van der Waals surface area contributed by atoms with Crippen molar-refractivity contribution in [3.8, 4) is 6.07 Å². The summed E-state index contributed by atoms with van der Waals surface area (Å²) in [6.45, 7) is 1.08. The van der Waals surface area contributed by atoms with Gasteiger partial charge < -0.3 is 10.2 Å². The van der Waals surface area contributed by atoms with E-state index < -0.39 is 11.9 Å². The highest BCUT2D eigenvalue weighted by atomic mass is 16.4. The van der Waals surface area contributed by atoms with E-state index >= 15 is 0 Å². The van der Waals surface area contributed by atoms with Crippen molar-refractivity contribution in [2.45, 2.75) is 13.3 Å². The second-order valence-corrected chi connectivity index (χ2v) is 3.78. The summed E-state index contributed by atoms with van der Waals surface area (Å²) in [5, 5.41) is 24.7. The Bertz CT molecular complexity index is 688. The van der Waals surface area contributed by atoms with Gasteiger partial charge in [-0.2, -0.15) is 5.26 Å². The lowest BCUT2D eigenvalue weighted by Gasteiger charge is -2.00. The molecule has 0 bridgehead atoms. The molecule has 7 heteroatoms. The molecule has 0 radical (unpaired) electrons. The van der Waals surface area contributed by atoms with E-state index in [2.05, 4.69) is 9.97 Å². The summed E-state index contributed by atoms with van der Waals surface area (Å²) in [6, 6.07) is 6.90. The van der Waals surface area contributed by atoms with Crippen LogP contribution in [0.1, 0.15) is 18.2 Å². The summed E-state index contributed by atoms with van der Waals surface area (Å²) in [5.74, 6) is -1.72. The number of nitriles is 1. The largest absolute Gasteiger partial charge is 0.481 e. The monoisotopic (exact) mass is 273 g/mol. The van der Waals surface area contributed by atoms with Crippen LogP contribution in [0.3, 0.4) is 0 Å². The van der Waals surface area contributed by atoms with E-state index in [1.54, 1.807) is 18.2 Å². The molecule has 0 aliphatic heterocycles. The standard InChI is InChI=1S/C11H7N3O2.C2H4O2/c12-5-8-6-13-10-3-7(4-11(15)16)1-2-9(10)14-8;1-2(3)4/h1-3,6H,4H2,(H,15,16);1H3,(H,3,4). The Hall–Kier alpha value is -3.01. The summed E-state index contributed by atoms with van der Waals surface area (Å²) in [5.41, 5.74) is 2.10. The highest BCUT2D eigenvalue weighted by Crippen LogP contribution is 2.12. The van der Waals surface area contributed by atoms with Crippen LogP contribution in [-0.4, -0.2) is 32.1 Å². The third kappa shape index (κ3) is 4.70. The lowest BCUT2D eigenvalue weighted by atomic mass is 10.1. The molecule has 0 saturated carbocycles. The molecular weight excluding hydrogens is 262 g/mol. The van der Waals surface area contributed by atoms with Gasteiger partial charge in [-0.3, -0.25) is 14.6 Å². The van der Waals surface area contributed by atoms with Crippen molar-refractivity contribution in [2.75, 3.05) is 0 Å². The summed E-state index contributed by atoms with van der Waals surface area (Å²) in [6.07, 6.45) is 1.32. The Morgan fingerprint density at radius 1 is 1.30 bits per heavy atom. The quantitative estimate of drug-likeness (QED) is 0.842. The van der Waals surface area contributed by atoms with E-state index in [0.717, 1.165) is 6.92 Å². The van der Waals surface area contributed by atoms with Gasteiger partial charge in [-0.25, -0.2) is 4.98 Å². The van der Waals surface area contributed by atoms with Crippen molar-refractivity contribution in [3.63, 3.8) is 0 Å². The first kappa shape index (κ1) is 15.0. The molecule has 0 unspecified atom stereocenters. The van der Waals surface area contributed by atoms with Gasteiger partial charge in [0.05, 0.1) is 23.7 Å². The zero-order valence-corrected chi connectivity index (χ0v) is 10.6. The van der Waals surface area contributed by atoms with Gasteiger partial charge in [0.2, 0.25) is 0 Å². The zero-order chi connectivity index (χ0) is 15.1. The van der Waals surface area contributed by atoms with Crippen LogP contribution in [-0.2, 0) is 16.0 Å². The molecule has 0 aliphatic rings. The van der Waals surface area contributed by atoms with Crippen LogP contribution < -0.4 is 0 Å². The lowest BCUT2D eigenvalue weighted by molar-refractivity contribution is -0.136. The first-order valence-electron chi connectivity index (χ1n) is 5.49. The number of benzene rings is 1. The SMILES string of the molecule is CC(=O)O.N#Cc1cnc2cc(CC(=O)O)ccc2n1. The molecule has 0 aliphatic carbocycles. The molecule has 0 atom stereocenters. The number of hydrogen-bond acceptors (Lipinski definition) is 5. The number of carboxylic acids is 2. The first-order valence-corrected chi connectivity index (χ1v) is 5.49. The number of hydrogen-bond donors (Lipinski definition) is 2. The molecular formula is C13H11N3O4. The van der Waals surface area contributed by atoms with Crippen LogP contribution >= 0.6 is 0 Å². The van der Waals surface area contributed by atoms with Crippen LogP contribution in [0.15, 0.2) is 24.4 Å². The van der Waals surface area contributed by atoms with Gasteiger partial charge in [0, 0.05) is 6.92 Å². The van der Waals surface area contributed by atoms with E-state index in [9.17, 15) is 4.79 Å². The maximum Gasteiger partial charge on any atom is 0.307 e. The van der Waals surface area contributed by atoms with Crippen LogP contribution in [0.4, 0.5) is 0 Å². The zero-order valence-electron chi connectivity index (χ0n) is 10.6. The van der Waals surface area contributed by atoms with Gasteiger partial charge >= 0.3 is 5.97 Å². The Kier molecular flexibility index (Phi) is 5.12. The average Bonchev–Trinajstić information content (AvgIpc) is 2.36. The van der Waals surface area contributed by atoms with Gasteiger partial charge in [-0.05, 0) is 17.7 Å². The van der Waals surface area contributed by atoms with E-state index in [1.807, 2.05) is 6.07 Å². The Morgan fingerprint density at radius 3 is 2.50 bits per heavy atom. The summed E-state index contributed by atoms with van der Waals surface area (Å²) < 4.78 is 0. The maximum absolute atomic E-state index is 10.5. The highest BCUT2D eigenvalue weighted by molar-refractivity contribution is 5.77. The predicted molar refractivity (Wildman–Crippen MR) is 68.9 cm³/mol. The smallest absolute Gasteiger partial charge is 0.307 e. The fourth-order valence-electron chi connectivity index (χ4n) is 1.39. The van der Waals surface area contributed by atoms with Crippen LogP contribution in [0, 0.1) is 11.3 Å². The molecule has 2 N–H and O–H groups in total. The molecule has 1 heterocycles. The van der Waals surface area contributed by atoms with E-state index in [1.165, 1.54) is 6.20 Å². The number of aromatic nitrogens is 2. The van der Waals surface area contributed by atoms with Crippen molar-refractivity contribution in [3.05, 3.63) is 35.7 Å². The molecule has 0 saturated heterocycles. The second kappa shape index (κ2) is 6.80.